The second-order valence-corrected chi connectivity index (χ2v) is 4.19. The summed E-state index contributed by atoms with van der Waals surface area (Å²) in [7, 11) is 6.16. The molecular formula is C11H24Cl4CrNO7. The van der Waals surface area contributed by atoms with Crippen LogP contribution in [-0.2, 0) is 27.0 Å². The van der Waals surface area contributed by atoms with Gasteiger partial charge in [-0.3, -0.25) is 0 Å². The number of carboxylic acid groups (broad SMARTS) is 2. The van der Waals surface area contributed by atoms with Crippen molar-refractivity contribution in [3.63, 3.8) is 0 Å². The van der Waals surface area contributed by atoms with Crippen LogP contribution in [0.25, 0.3) is 0 Å². The number of rotatable bonds is 5. The van der Waals surface area contributed by atoms with E-state index in [0.717, 1.165) is 11.0 Å². The van der Waals surface area contributed by atoms with E-state index < -0.39 is 11.9 Å². The first kappa shape index (κ1) is 49.6. The van der Waals surface area contributed by atoms with E-state index >= 15 is 0 Å². The van der Waals surface area contributed by atoms with Crippen LogP contribution in [0.3, 0.4) is 0 Å². The minimum absolute atomic E-state index is 0. The molecule has 0 aromatic rings. The molecule has 0 saturated carbocycles. The standard InChI is InChI=1S/C5H14NO.C4H4O4.C2H6O2.4ClH.Cr/c1-6(2,3)4-5-7;5-3(6)1-2-4(7)8;3-1-2-4;;;;;/h7H,4-5H2,1-3H3;1-2H,(H,5,6)(H,7,8);3-4H,1-2H2;4*1H;/q+1;;;;;;;+3/p-4/b;2-1-;;;;;;. The summed E-state index contributed by atoms with van der Waals surface area (Å²) in [5.74, 6) is -2.51. The number of hydrogen-bond acceptors (Lipinski definition) is 5. The first-order valence-electron chi connectivity index (χ1n) is 5.37. The first-order valence-corrected chi connectivity index (χ1v) is 5.37. The van der Waals surface area contributed by atoms with Gasteiger partial charge >= 0.3 is 29.3 Å². The number of carboxylic acids is 2. The molecule has 1 radical (unpaired) electrons. The van der Waals surface area contributed by atoms with Crippen molar-refractivity contribution in [2.24, 2.45) is 0 Å². The van der Waals surface area contributed by atoms with Gasteiger partial charge in [-0.05, 0) is 0 Å². The summed E-state index contributed by atoms with van der Waals surface area (Å²) in [6, 6.07) is 0. The maximum atomic E-state index is 9.55. The van der Waals surface area contributed by atoms with Crippen LogP contribution >= 0.6 is 0 Å². The number of aliphatic carboxylic acids is 2. The predicted molar refractivity (Wildman–Crippen MR) is 68.6 cm³/mol. The fraction of sp³-hybridized carbons (Fsp3) is 0.636. The van der Waals surface area contributed by atoms with Crippen molar-refractivity contribution in [2.45, 2.75) is 0 Å². The number of carbonyl (C=O) groups is 2. The Morgan fingerprint density at radius 3 is 1.04 bits per heavy atom. The Kier molecular flexibility index (Phi) is 71.4. The molecule has 0 fully saturated rings. The zero-order valence-electron chi connectivity index (χ0n) is 13.4. The van der Waals surface area contributed by atoms with Gasteiger partial charge in [-0.1, -0.05) is 0 Å². The van der Waals surface area contributed by atoms with Crippen LogP contribution in [0.5, 0.6) is 0 Å². The van der Waals surface area contributed by atoms with Gasteiger partial charge in [-0.2, -0.15) is 0 Å². The zero-order valence-corrected chi connectivity index (χ0v) is 17.7. The van der Waals surface area contributed by atoms with Crippen LogP contribution in [0.2, 0.25) is 0 Å². The van der Waals surface area contributed by atoms with Gasteiger partial charge in [0.2, 0.25) is 0 Å². The van der Waals surface area contributed by atoms with Crippen molar-refractivity contribution < 1.29 is 107 Å². The summed E-state index contributed by atoms with van der Waals surface area (Å²) >= 11 is 0. The molecule has 0 aliphatic heterocycles. The molecule has 0 aliphatic carbocycles. The SMILES string of the molecule is C[N+](C)(C)CCO.O=C(O)/C=C\C(=O)O.OCCO.[Cl-].[Cl-].[Cl-].[Cl-].[Cr+3]. The fourth-order valence-corrected chi connectivity index (χ4v) is 0.443. The smallest absolute Gasteiger partial charge is 1.00 e. The van der Waals surface area contributed by atoms with Crippen molar-refractivity contribution >= 4 is 11.9 Å². The number of aliphatic hydroxyl groups excluding tert-OH is 3. The topological polar surface area (TPSA) is 135 Å². The molecule has 0 unspecified atom stereocenters. The average molecular weight is 476 g/mol. The van der Waals surface area contributed by atoms with Crippen molar-refractivity contribution in [2.75, 3.05) is 47.5 Å². The predicted octanol–water partition coefficient (Wildman–Crippen LogP) is -13.6. The van der Waals surface area contributed by atoms with Crippen molar-refractivity contribution in [1.29, 1.82) is 0 Å². The number of aliphatic hydroxyl groups is 3. The van der Waals surface area contributed by atoms with Gasteiger partial charge in [0.25, 0.3) is 0 Å². The quantitative estimate of drug-likeness (QED) is 0.197. The Bertz CT molecular complexity index is 262. The number of hydrogen-bond donors (Lipinski definition) is 5. The second-order valence-electron chi connectivity index (χ2n) is 4.19. The third-order valence-corrected chi connectivity index (χ3v) is 1.24. The van der Waals surface area contributed by atoms with Gasteiger partial charge in [-0.15, -0.1) is 0 Å². The number of quaternary nitrogens is 1. The van der Waals surface area contributed by atoms with E-state index in [1.807, 2.05) is 0 Å². The Hall–Kier alpha value is 0.212. The first-order chi connectivity index (χ1) is 8.60. The number of nitrogens with zero attached hydrogens (tertiary/aromatic N) is 1. The molecule has 0 saturated heterocycles. The maximum Gasteiger partial charge on any atom is 3.00 e. The molecule has 0 aromatic heterocycles. The number of likely N-dealkylation sites (N-methyl/N-ethyl adjacent to an activating group) is 1. The Morgan fingerprint density at radius 1 is 0.750 bits per heavy atom. The summed E-state index contributed by atoms with van der Waals surface area (Å²) in [5.41, 5.74) is 0. The summed E-state index contributed by atoms with van der Waals surface area (Å²) in [4.78, 5) is 19.1. The molecule has 0 rings (SSSR count). The fourth-order valence-electron chi connectivity index (χ4n) is 0.443. The molecule has 8 nitrogen and oxygen atoms in total. The molecule has 24 heavy (non-hydrogen) atoms. The van der Waals surface area contributed by atoms with E-state index in [1.54, 1.807) is 0 Å². The molecule has 0 bridgehead atoms. The monoisotopic (exact) mass is 474 g/mol. The molecule has 0 amide bonds. The molecule has 149 valence electrons. The number of halogens is 4. The van der Waals surface area contributed by atoms with Gasteiger partial charge in [-0.25, -0.2) is 9.59 Å². The zero-order chi connectivity index (χ0) is 15.9. The largest absolute Gasteiger partial charge is 3.00 e. The van der Waals surface area contributed by atoms with Crippen LogP contribution < -0.4 is 49.6 Å². The van der Waals surface area contributed by atoms with E-state index in [0.29, 0.717) is 12.2 Å². The van der Waals surface area contributed by atoms with Crippen molar-refractivity contribution in [1.82, 2.24) is 0 Å². The van der Waals surface area contributed by atoms with Crippen LogP contribution in [-0.4, -0.2) is 89.5 Å². The van der Waals surface area contributed by atoms with E-state index in [9.17, 15) is 9.59 Å². The molecule has 0 aromatic carbocycles. The third-order valence-electron chi connectivity index (χ3n) is 1.24. The minimum atomic E-state index is -1.26. The van der Waals surface area contributed by atoms with E-state index in [-0.39, 0.29) is 86.8 Å². The van der Waals surface area contributed by atoms with E-state index in [4.69, 9.17) is 25.5 Å². The molecule has 0 atom stereocenters. The van der Waals surface area contributed by atoms with Crippen LogP contribution in [0.4, 0.5) is 0 Å². The van der Waals surface area contributed by atoms with Crippen LogP contribution in [0.15, 0.2) is 12.2 Å². The molecule has 0 aliphatic rings. The molecule has 13 heteroatoms. The Morgan fingerprint density at radius 2 is 1.00 bits per heavy atom. The van der Waals surface area contributed by atoms with Gasteiger partial charge in [0.05, 0.1) is 41.0 Å². The maximum absolute atomic E-state index is 9.55. The van der Waals surface area contributed by atoms with E-state index in [1.165, 1.54) is 0 Å². The average Bonchev–Trinajstić information content (AvgIpc) is 2.26. The molecule has 0 spiro atoms. The molecule has 5 N–H and O–H groups in total. The Balaban J connectivity index is -0.0000000251. The van der Waals surface area contributed by atoms with Gasteiger partial charge in [0.1, 0.15) is 6.54 Å². The minimum Gasteiger partial charge on any atom is -1.00 e. The normalized spacial score (nSPS) is 7.92. The van der Waals surface area contributed by atoms with Gasteiger partial charge < -0.3 is 79.6 Å². The van der Waals surface area contributed by atoms with Crippen LogP contribution in [0, 0.1) is 0 Å². The molecule has 0 heterocycles. The third kappa shape index (κ3) is 95.8. The summed E-state index contributed by atoms with van der Waals surface area (Å²) in [6.07, 6.45) is 1.12. The van der Waals surface area contributed by atoms with Crippen LogP contribution in [0.1, 0.15) is 0 Å². The van der Waals surface area contributed by atoms with Gasteiger partial charge in [0, 0.05) is 12.2 Å². The Labute approximate surface area is 177 Å². The van der Waals surface area contributed by atoms with E-state index in [2.05, 4.69) is 21.1 Å². The summed E-state index contributed by atoms with van der Waals surface area (Å²) in [6.45, 7) is 0.865. The molecular weight excluding hydrogens is 452 g/mol. The summed E-state index contributed by atoms with van der Waals surface area (Å²) < 4.78 is 0.844. The second kappa shape index (κ2) is 34.5. The van der Waals surface area contributed by atoms with Crippen molar-refractivity contribution in [3.05, 3.63) is 12.2 Å². The van der Waals surface area contributed by atoms with Gasteiger partial charge in [0.15, 0.2) is 0 Å². The van der Waals surface area contributed by atoms with Crippen molar-refractivity contribution in [3.8, 4) is 0 Å². The summed E-state index contributed by atoms with van der Waals surface area (Å²) in [5, 5.41) is 39.3.